The zero-order valence-corrected chi connectivity index (χ0v) is 12.6. The lowest BCUT2D eigenvalue weighted by atomic mass is 10.1. The molecule has 0 fully saturated rings. The van der Waals surface area contributed by atoms with Gasteiger partial charge in [-0.2, -0.15) is 0 Å². The Bertz CT molecular complexity index is 672. The highest BCUT2D eigenvalue weighted by Crippen LogP contribution is 2.25. The Hall–Kier alpha value is -2.59. The van der Waals surface area contributed by atoms with E-state index in [9.17, 15) is 4.79 Å². The third-order valence-corrected chi connectivity index (χ3v) is 3.28. The maximum atomic E-state index is 12.1. The van der Waals surface area contributed by atoms with Crippen LogP contribution in [0.4, 0.5) is 0 Å². The number of ketones is 1. The normalized spacial score (nSPS) is 10.7. The van der Waals surface area contributed by atoms with Crippen molar-refractivity contribution in [2.24, 2.45) is 0 Å². The largest absolute Gasteiger partial charge is 0.497 e. The topological polar surface area (TPSA) is 55.8 Å². The fourth-order valence-corrected chi connectivity index (χ4v) is 1.99. The Morgan fingerprint density at radius 3 is 2.41 bits per heavy atom. The summed E-state index contributed by atoms with van der Waals surface area (Å²) in [6.07, 6.45) is 3.21. The number of benzene rings is 2. The summed E-state index contributed by atoms with van der Waals surface area (Å²) < 4.78 is 10.4. The van der Waals surface area contributed by atoms with E-state index >= 15 is 0 Å². The minimum atomic E-state index is -0.109. The summed E-state index contributed by atoms with van der Waals surface area (Å²) in [5.74, 6) is 1.22. The Labute approximate surface area is 129 Å². The van der Waals surface area contributed by atoms with Gasteiger partial charge >= 0.3 is 0 Å². The van der Waals surface area contributed by atoms with Crippen LogP contribution in [0.5, 0.6) is 11.5 Å². The van der Waals surface area contributed by atoms with Gasteiger partial charge in [-0.3, -0.25) is 4.79 Å². The summed E-state index contributed by atoms with van der Waals surface area (Å²) in [6.45, 7) is -0.0344. The number of carbonyl (C=O) groups excluding carboxylic acids is 1. The number of allylic oxidation sites excluding steroid dienone is 1. The number of methoxy groups -OCH3 is 2. The van der Waals surface area contributed by atoms with E-state index in [4.69, 9.17) is 14.6 Å². The number of aliphatic hydroxyl groups is 1. The molecule has 0 aromatic heterocycles. The zero-order valence-electron chi connectivity index (χ0n) is 12.6. The number of hydrogen-bond donors (Lipinski definition) is 1. The van der Waals surface area contributed by atoms with Gasteiger partial charge in [0.15, 0.2) is 5.78 Å². The standard InChI is InChI=1S/C18H18O4/c1-21-16-9-7-15(18(11-16)22-2)8-10-17(20)14-5-3-13(12-19)4-6-14/h3-11,19H,12H2,1-2H3/b10-8+. The third kappa shape index (κ3) is 3.74. The van der Waals surface area contributed by atoms with Crippen LogP contribution in [-0.4, -0.2) is 25.1 Å². The number of rotatable bonds is 6. The van der Waals surface area contributed by atoms with Crippen molar-refractivity contribution in [3.63, 3.8) is 0 Å². The molecule has 2 aromatic rings. The number of aliphatic hydroxyl groups excluding tert-OH is 1. The van der Waals surface area contributed by atoms with Gasteiger partial charge in [-0.05, 0) is 29.8 Å². The average molecular weight is 298 g/mol. The highest BCUT2D eigenvalue weighted by atomic mass is 16.5. The quantitative estimate of drug-likeness (QED) is 0.657. The van der Waals surface area contributed by atoms with Crippen molar-refractivity contribution in [3.05, 3.63) is 65.2 Å². The van der Waals surface area contributed by atoms with Crippen molar-refractivity contribution in [1.82, 2.24) is 0 Å². The smallest absolute Gasteiger partial charge is 0.185 e. The first kappa shape index (κ1) is 15.8. The molecule has 0 radical (unpaired) electrons. The molecule has 2 aromatic carbocycles. The van der Waals surface area contributed by atoms with E-state index in [1.165, 1.54) is 6.08 Å². The molecule has 0 amide bonds. The molecule has 0 unspecified atom stereocenters. The average Bonchev–Trinajstić information content (AvgIpc) is 2.59. The van der Waals surface area contributed by atoms with E-state index in [-0.39, 0.29) is 12.4 Å². The van der Waals surface area contributed by atoms with Crippen LogP contribution < -0.4 is 9.47 Å². The summed E-state index contributed by atoms with van der Waals surface area (Å²) in [5.41, 5.74) is 2.14. The van der Waals surface area contributed by atoms with Gasteiger partial charge < -0.3 is 14.6 Å². The minimum absolute atomic E-state index is 0.0344. The Morgan fingerprint density at radius 1 is 1.09 bits per heavy atom. The minimum Gasteiger partial charge on any atom is -0.497 e. The second kappa shape index (κ2) is 7.43. The first-order valence-corrected chi connectivity index (χ1v) is 6.82. The van der Waals surface area contributed by atoms with E-state index in [0.29, 0.717) is 17.1 Å². The van der Waals surface area contributed by atoms with Crippen LogP contribution in [-0.2, 0) is 6.61 Å². The van der Waals surface area contributed by atoms with Crippen LogP contribution in [0.25, 0.3) is 6.08 Å². The second-order valence-electron chi connectivity index (χ2n) is 4.66. The molecule has 0 saturated heterocycles. The number of ether oxygens (including phenoxy) is 2. The first-order valence-electron chi connectivity index (χ1n) is 6.82. The van der Waals surface area contributed by atoms with Gasteiger partial charge in [-0.25, -0.2) is 0 Å². The maximum absolute atomic E-state index is 12.1. The van der Waals surface area contributed by atoms with Crippen molar-refractivity contribution in [2.75, 3.05) is 14.2 Å². The predicted molar refractivity (Wildman–Crippen MR) is 85.3 cm³/mol. The first-order chi connectivity index (χ1) is 10.7. The fraction of sp³-hybridized carbons (Fsp3) is 0.167. The van der Waals surface area contributed by atoms with Gasteiger partial charge in [0.25, 0.3) is 0 Å². The molecule has 114 valence electrons. The lowest BCUT2D eigenvalue weighted by Crippen LogP contribution is -1.95. The van der Waals surface area contributed by atoms with Crippen molar-refractivity contribution in [1.29, 1.82) is 0 Å². The van der Waals surface area contributed by atoms with E-state index < -0.39 is 0 Å². The molecular weight excluding hydrogens is 280 g/mol. The highest BCUT2D eigenvalue weighted by Gasteiger charge is 2.05. The molecular formula is C18H18O4. The third-order valence-electron chi connectivity index (χ3n) is 3.28. The molecule has 0 heterocycles. The Morgan fingerprint density at radius 2 is 1.82 bits per heavy atom. The molecule has 0 saturated carbocycles. The van der Waals surface area contributed by atoms with E-state index in [0.717, 1.165) is 11.1 Å². The van der Waals surface area contributed by atoms with Gasteiger partial charge in [0.1, 0.15) is 11.5 Å². The Kier molecular flexibility index (Phi) is 5.33. The van der Waals surface area contributed by atoms with Crippen molar-refractivity contribution >= 4 is 11.9 Å². The molecule has 4 nitrogen and oxygen atoms in total. The van der Waals surface area contributed by atoms with E-state index in [2.05, 4.69) is 0 Å². The van der Waals surface area contributed by atoms with Crippen LogP contribution in [0.2, 0.25) is 0 Å². The van der Waals surface area contributed by atoms with E-state index in [1.807, 2.05) is 12.1 Å². The van der Waals surface area contributed by atoms with Crippen molar-refractivity contribution < 1.29 is 19.4 Å². The second-order valence-corrected chi connectivity index (χ2v) is 4.66. The van der Waals surface area contributed by atoms with Gasteiger partial charge in [-0.15, -0.1) is 0 Å². The molecule has 0 aliphatic heterocycles. The van der Waals surface area contributed by atoms with Crippen LogP contribution in [0, 0.1) is 0 Å². The summed E-state index contributed by atoms with van der Waals surface area (Å²) in [5, 5.41) is 9.00. The molecule has 0 atom stereocenters. The molecule has 22 heavy (non-hydrogen) atoms. The number of hydrogen-bond acceptors (Lipinski definition) is 4. The highest BCUT2D eigenvalue weighted by molar-refractivity contribution is 6.06. The van der Waals surface area contributed by atoms with Crippen LogP contribution in [0.3, 0.4) is 0 Å². The lowest BCUT2D eigenvalue weighted by Gasteiger charge is -2.07. The molecule has 0 aliphatic rings. The molecule has 0 aliphatic carbocycles. The van der Waals surface area contributed by atoms with Crippen LogP contribution in [0.15, 0.2) is 48.5 Å². The summed E-state index contributed by atoms with van der Waals surface area (Å²) in [4.78, 5) is 12.1. The SMILES string of the molecule is COc1ccc(/C=C/C(=O)c2ccc(CO)cc2)c(OC)c1. The molecule has 0 spiro atoms. The van der Waals surface area contributed by atoms with Gasteiger partial charge in [0.2, 0.25) is 0 Å². The van der Waals surface area contributed by atoms with Gasteiger partial charge in [0.05, 0.1) is 20.8 Å². The fourth-order valence-electron chi connectivity index (χ4n) is 1.99. The Balaban J connectivity index is 2.18. The van der Waals surface area contributed by atoms with Gasteiger partial charge in [-0.1, -0.05) is 24.3 Å². The maximum Gasteiger partial charge on any atom is 0.185 e. The van der Waals surface area contributed by atoms with Gasteiger partial charge in [0, 0.05) is 17.2 Å². The predicted octanol–water partition coefficient (Wildman–Crippen LogP) is 3.09. The van der Waals surface area contributed by atoms with Crippen molar-refractivity contribution in [2.45, 2.75) is 6.61 Å². The van der Waals surface area contributed by atoms with Crippen molar-refractivity contribution in [3.8, 4) is 11.5 Å². The molecule has 0 bridgehead atoms. The number of carbonyl (C=O) groups is 1. The lowest BCUT2D eigenvalue weighted by molar-refractivity contribution is 0.104. The molecule has 4 heteroatoms. The zero-order chi connectivity index (χ0) is 15.9. The van der Waals surface area contributed by atoms with E-state index in [1.54, 1.807) is 50.6 Å². The van der Waals surface area contributed by atoms with Crippen LogP contribution >= 0.6 is 0 Å². The van der Waals surface area contributed by atoms with Crippen LogP contribution in [0.1, 0.15) is 21.5 Å². The molecule has 2 rings (SSSR count). The summed E-state index contributed by atoms with van der Waals surface area (Å²) >= 11 is 0. The molecule has 1 N–H and O–H groups in total. The summed E-state index contributed by atoms with van der Waals surface area (Å²) in [7, 11) is 3.16. The summed E-state index contributed by atoms with van der Waals surface area (Å²) in [6, 6.07) is 12.3. The monoisotopic (exact) mass is 298 g/mol.